The SMILES string of the molecule is COC(=O)C(O)CC(=O)OC1C/C=C(/C)C(O)C(C)/C=C(/C)C(O)C(C)C(O)C[C@@H]2C[C@H](C)C[C@@H](C/C=C/C=C\CC/C=C/C=C\C(=O)NC(C(O)C(=O)OC)C(=O)OC(C)C(NC(=O)C(C)C(O)CCC(C)C(O)/C(C)=C/C(C)C(O)C(NC(=O)/C=C/C(C)(C)C(=O)C(C)C(O)C(C)(C)C(=O)OC)C(O)C(C)C)C(O)C1C)O2. The van der Waals surface area contributed by atoms with Gasteiger partial charge in [-0.15, -0.1) is 0 Å². The molecule has 648 valence electrons. The van der Waals surface area contributed by atoms with Crippen LogP contribution in [0.2, 0.25) is 0 Å². The number of hydrogen-bond donors (Lipinski definition) is 14. The summed E-state index contributed by atoms with van der Waals surface area (Å²) in [5, 5.41) is 135. The average molecular weight is 1620 g/mol. The quantitative estimate of drug-likeness (QED) is 0.0211. The summed E-state index contributed by atoms with van der Waals surface area (Å²) in [6, 6.07) is -5.25. The molecule has 0 radical (unpaired) electrons. The zero-order valence-corrected chi connectivity index (χ0v) is 70.7. The number of fused-ring (bicyclic) bond motifs is 2. The lowest BCUT2D eigenvalue weighted by Gasteiger charge is -2.36. The molecule has 0 saturated carbocycles. The van der Waals surface area contributed by atoms with Crippen LogP contribution < -0.4 is 16.0 Å². The molecular formula is C85H137N3O26. The van der Waals surface area contributed by atoms with Crippen LogP contribution in [0.25, 0.3) is 0 Å². The summed E-state index contributed by atoms with van der Waals surface area (Å²) in [4.78, 5) is 121. The van der Waals surface area contributed by atoms with Gasteiger partial charge in [-0.25, -0.2) is 14.4 Å². The number of aliphatic hydroxyl groups excluding tert-OH is 11. The first-order valence-corrected chi connectivity index (χ1v) is 39.6. The minimum absolute atomic E-state index is 0.0578. The highest BCUT2D eigenvalue weighted by Crippen LogP contribution is 2.36. The van der Waals surface area contributed by atoms with Crippen LogP contribution in [0.1, 0.15) is 189 Å². The van der Waals surface area contributed by atoms with Gasteiger partial charge in [0, 0.05) is 47.5 Å². The van der Waals surface area contributed by atoms with Crippen molar-refractivity contribution in [1.29, 1.82) is 0 Å². The van der Waals surface area contributed by atoms with E-state index in [9.17, 15) is 99.3 Å². The molecule has 2 heterocycles. The molecule has 1 saturated heterocycles. The molecule has 0 spiro atoms. The van der Waals surface area contributed by atoms with Gasteiger partial charge in [-0.05, 0) is 147 Å². The summed E-state index contributed by atoms with van der Waals surface area (Å²) in [5.41, 5.74) is -1.68. The molecular weight excluding hydrogens is 1480 g/mol. The molecule has 23 unspecified atom stereocenters. The fraction of sp³-hybridized carbons (Fsp3) is 0.706. The Bertz CT molecular complexity index is 3350. The summed E-state index contributed by atoms with van der Waals surface area (Å²) in [6.07, 6.45) is 2.68. The Morgan fingerprint density at radius 2 is 1.29 bits per heavy atom. The number of carbonyl (C=O) groups excluding carboxylic acids is 9. The van der Waals surface area contributed by atoms with E-state index in [1.54, 1.807) is 86.6 Å². The minimum Gasteiger partial charge on any atom is -0.469 e. The molecule has 0 aromatic heterocycles. The predicted molar refractivity (Wildman–Crippen MR) is 426 cm³/mol. The van der Waals surface area contributed by atoms with Crippen molar-refractivity contribution < 1.29 is 128 Å². The summed E-state index contributed by atoms with van der Waals surface area (Å²) in [6.45, 7) is 28.3. The molecule has 0 aromatic rings. The van der Waals surface area contributed by atoms with Crippen LogP contribution in [0.4, 0.5) is 0 Å². The summed E-state index contributed by atoms with van der Waals surface area (Å²) in [5.74, 6) is -15.9. The van der Waals surface area contributed by atoms with Crippen LogP contribution in [-0.2, 0) is 71.6 Å². The van der Waals surface area contributed by atoms with Crippen LogP contribution in [0.15, 0.2) is 95.7 Å². The molecule has 0 aromatic carbocycles. The van der Waals surface area contributed by atoms with E-state index in [1.807, 2.05) is 24.3 Å². The lowest BCUT2D eigenvalue weighted by molar-refractivity contribution is -0.169. The molecule has 26 atom stereocenters. The van der Waals surface area contributed by atoms with Crippen molar-refractivity contribution in [1.82, 2.24) is 16.0 Å². The molecule has 2 aliphatic rings. The normalized spacial score (nSPS) is 30.3. The lowest BCUT2D eigenvalue weighted by atomic mass is 9.72. The van der Waals surface area contributed by atoms with Crippen molar-refractivity contribution in [2.24, 2.45) is 64.1 Å². The zero-order chi connectivity index (χ0) is 87.1. The van der Waals surface area contributed by atoms with Crippen molar-refractivity contribution in [3.8, 4) is 0 Å². The molecule has 0 aliphatic carbocycles. The molecule has 2 bridgehead atoms. The van der Waals surface area contributed by atoms with Gasteiger partial charge in [-0.2, -0.15) is 0 Å². The Labute approximate surface area is 673 Å². The second kappa shape index (κ2) is 49.2. The average Bonchev–Trinajstić information content (AvgIpc) is 0.808. The molecule has 29 nitrogen and oxygen atoms in total. The molecule has 2 aliphatic heterocycles. The maximum atomic E-state index is 14.6. The molecule has 114 heavy (non-hydrogen) atoms. The van der Waals surface area contributed by atoms with E-state index in [1.165, 1.54) is 73.6 Å². The number of nitrogens with one attached hydrogen (secondary N) is 3. The van der Waals surface area contributed by atoms with Gasteiger partial charge in [0.2, 0.25) is 17.7 Å². The summed E-state index contributed by atoms with van der Waals surface area (Å²) >= 11 is 0. The number of methoxy groups -OCH3 is 3. The first kappa shape index (κ1) is 103. The van der Waals surface area contributed by atoms with Crippen LogP contribution >= 0.6 is 0 Å². The highest BCUT2D eigenvalue weighted by molar-refractivity contribution is 5.95. The van der Waals surface area contributed by atoms with Gasteiger partial charge < -0.3 is 101 Å². The number of aliphatic hydroxyl groups is 11. The number of ketones is 1. The van der Waals surface area contributed by atoms with Gasteiger partial charge in [0.1, 0.15) is 18.0 Å². The standard InChI is InChI=1S/C85H137N3O26/c1-45(2)70(95)68(86-65(93)37-38-84(15,16)77(102)56(13)78(103)85(17,18)83(108)111-21)74(99)52(9)42-50(7)71(96)47(4)33-35-60(89)54(11)79(104)88-67-57(14)112-81(106)69(76(101)82(107)110-20)87-64(92)32-30-28-26-24-22-23-25-27-29-31-58-39-46(3)40-59(113-58)43-61(90)53(10)73(98)51(8)41-49(6)72(97)48(5)34-36-63(55(12)75(67)100)114-66(94)44-62(91)80(105)109-19/h23,25-30,32,34,37-38,41-42,45-47,49,52-63,67-76,78,89-91,95-101,103H,22,24,31,33,35-36,39-40,43-44H2,1-21H3,(H,86,93)(H,87,92)(H,88,104)/b25-23-,28-26+,29-27+,32-30-,38-37+,48-34-,50-42+,51-41-/t46-,47?,49?,52?,53?,54?,55?,56?,57?,58-,59+,60?,61?,62?,63?,67?,68?,69?,70?,71?,72?,73?,74?,75?,76?,78?/m1/s1. The molecule has 3 amide bonds. The molecule has 14 N–H and O–H groups in total. The Morgan fingerprint density at radius 3 is 1.88 bits per heavy atom. The maximum absolute atomic E-state index is 14.6. The maximum Gasteiger partial charge on any atom is 0.337 e. The number of cyclic esters (lactones) is 1. The van der Waals surface area contributed by atoms with Crippen LogP contribution in [0.5, 0.6) is 0 Å². The van der Waals surface area contributed by atoms with E-state index in [2.05, 4.69) is 27.6 Å². The van der Waals surface area contributed by atoms with Gasteiger partial charge in [0.15, 0.2) is 18.2 Å². The van der Waals surface area contributed by atoms with Gasteiger partial charge in [0.25, 0.3) is 0 Å². The highest BCUT2D eigenvalue weighted by atomic mass is 16.6. The number of ether oxygens (including phenoxy) is 6. The highest BCUT2D eigenvalue weighted by Gasteiger charge is 2.46. The number of amides is 3. The lowest BCUT2D eigenvalue weighted by Crippen LogP contribution is -2.58. The third-order valence-electron chi connectivity index (χ3n) is 22.1. The summed E-state index contributed by atoms with van der Waals surface area (Å²) in [7, 11) is 3.05. The van der Waals surface area contributed by atoms with Crippen molar-refractivity contribution >= 4 is 53.4 Å². The Kier molecular flexibility index (Phi) is 44.4. The van der Waals surface area contributed by atoms with Crippen LogP contribution in [-0.4, -0.2) is 241 Å². The van der Waals surface area contributed by atoms with Crippen LogP contribution in [0, 0.1) is 64.1 Å². The first-order chi connectivity index (χ1) is 53.0. The van der Waals surface area contributed by atoms with Crippen molar-refractivity contribution in [3.63, 3.8) is 0 Å². The summed E-state index contributed by atoms with van der Waals surface area (Å²) < 4.78 is 32.3. The fourth-order valence-electron chi connectivity index (χ4n) is 14.1. The predicted octanol–water partition coefficient (Wildman–Crippen LogP) is 5.44. The third-order valence-corrected chi connectivity index (χ3v) is 22.1. The van der Waals surface area contributed by atoms with E-state index in [0.717, 1.165) is 46.3 Å². The van der Waals surface area contributed by atoms with Crippen LogP contribution in [0.3, 0.4) is 0 Å². The Balaban J connectivity index is 2.69. The molecule has 2 rings (SSSR count). The van der Waals surface area contributed by atoms with Crippen molar-refractivity contribution in [2.75, 3.05) is 21.3 Å². The monoisotopic (exact) mass is 1620 g/mol. The van der Waals surface area contributed by atoms with E-state index in [-0.39, 0.29) is 37.9 Å². The van der Waals surface area contributed by atoms with E-state index >= 15 is 0 Å². The molecule has 29 heteroatoms. The molecule has 1 fully saturated rings. The number of esters is 5. The Morgan fingerprint density at radius 1 is 0.702 bits per heavy atom. The fourth-order valence-corrected chi connectivity index (χ4v) is 14.1. The largest absolute Gasteiger partial charge is 0.469 e. The zero-order valence-electron chi connectivity index (χ0n) is 70.7. The van der Waals surface area contributed by atoms with Gasteiger partial charge in [0.05, 0.1) is 118 Å². The number of allylic oxidation sites excluding steroid dienone is 7. The number of carbonyl (C=O) groups is 9. The topological polar surface area (TPSA) is 468 Å². The third kappa shape index (κ3) is 32.4. The number of rotatable bonds is 27. The van der Waals surface area contributed by atoms with Gasteiger partial charge >= 0.3 is 29.8 Å². The number of Topliss-reactive ketones (excluding diaryl/α,β-unsaturated/α-hetero) is 1. The minimum atomic E-state index is -2.39. The van der Waals surface area contributed by atoms with E-state index in [0.29, 0.717) is 41.9 Å². The second-order valence-electron chi connectivity index (χ2n) is 32.9. The first-order valence-electron chi connectivity index (χ1n) is 39.6. The van der Waals surface area contributed by atoms with E-state index in [4.69, 9.17) is 23.7 Å². The Hall–Kier alpha value is -7.13. The smallest absolute Gasteiger partial charge is 0.337 e. The van der Waals surface area contributed by atoms with Crippen molar-refractivity contribution in [2.45, 2.75) is 299 Å². The van der Waals surface area contributed by atoms with E-state index < -0.39 is 215 Å². The second-order valence-corrected chi connectivity index (χ2v) is 32.9. The van der Waals surface area contributed by atoms with Gasteiger partial charge in [-0.3, -0.25) is 28.8 Å². The van der Waals surface area contributed by atoms with Crippen molar-refractivity contribution in [3.05, 3.63) is 95.7 Å². The van der Waals surface area contributed by atoms with Gasteiger partial charge in [-0.1, -0.05) is 136 Å². The number of hydrogen-bond acceptors (Lipinski definition) is 26.